The van der Waals surface area contributed by atoms with Crippen molar-refractivity contribution in [1.82, 2.24) is 4.90 Å². The zero-order valence-electron chi connectivity index (χ0n) is 11.0. The van der Waals surface area contributed by atoms with Crippen molar-refractivity contribution >= 4 is 5.97 Å². The van der Waals surface area contributed by atoms with Crippen LogP contribution in [0.25, 0.3) is 0 Å². The Morgan fingerprint density at radius 3 is 2.83 bits per heavy atom. The zero-order chi connectivity index (χ0) is 13.3. The van der Waals surface area contributed by atoms with Crippen molar-refractivity contribution in [1.29, 1.82) is 0 Å². The fourth-order valence-electron chi connectivity index (χ4n) is 2.17. The molecule has 5 heteroatoms. The number of ether oxygens (including phenoxy) is 1. The summed E-state index contributed by atoms with van der Waals surface area (Å²) in [6, 6.07) is 1.61. The molecule has 0 radical (unpaired) electrons. The molecule has 18 heavy (non-hydrogen) atoms. The summed E-state index contributed by atoms with van der Waals surface area (Å²) in [5.41, 5.74) is 0.896. The molecule has 100 valence electrons. The van der Waals surface area contributed by atoms with Crippen LogP contribution in [0.1, 0.15) is 35.7 Å². The van der Waals surface area contributed by atoms with Crippen molar-refractivity contribution in [3.05, 3.63) is 23.2 Å². The number of carbonyl (C=O) groups is 1. The van der Waals surface area contributed by atoms with Crippen LogP contribution in [-0.4, -0.2) is 41.3 Å². The highest BCUT2D eigenvalue weighted by Crippen LogP contribution is 2.24. The number of furan rings is 1. The molecule has 0 aliphatic carbocycles. The van der Waals surface area contributed by atoms with Crippen LogP contribution < -0.4 is 0 Å². The van der Waals surface area contributed by atoms with Gasteiger partial charge in [0.05, 0.1) is 13.2 Å². The minimum atomic E-state index is -1.02. The van der Waals surface area contributed by atoms with Crippen molar-refractivity contribution in [2.75, 3.05) is 19.8 Å². The van der Waals surface area contributed by atoms with Gasteiger partial charge in [-0.15, -0.1) is 0 Å². The number of carboxylic acids is 1. The van der Waals surface area contributed by atoms with Gasteiger partial charge in [0.15, 0.2) is 0 Å². The van der Waals surface area contributed by atoms with Gasteiger partial charge in [0, 0.05) is 24.2 Å². The Hall–Kier alpha value is -1.33. The van der Waals surface area contributed by atoms with Crippen LogP contribution in [0.15, 0.2) is 10.5 Å². The molecule has 0 spiro atoms. The van der Waals surface area contributed by atoms with Crippen LogP contribution >= 0.6 is 0 Å². The molecule has 0 aromatic carbocycles. The van der Waals surface area contributed by atoms with Gasteiger partial charge in [0.2, 0.25) is 5.76 Å². The molecule has 1 aliphatic rings. The van der Waals surface area contributed by atoms with Crippen molar-refractivity contribution in [3.63, 3.8) is 0 Å². The molecule has 1 N–H and O–H groups in total. The molecule has 2 rings (SSSR count). The lowest BCUT2D eigenvalue weighted by Crippen LogP contribution is -2.52. The zero-order valence-corrected chi connectivity index (χ0v) is 11.0. The van der Waals surface area contributed by atoms with Gasteiger partial charge in [-0.2, -0.15) is 0 Å². The summed E-state index contributed by atoms with van der Waals surface area (Å²) in [6.07, 6.45) is 0. The van der Waals surface area contributed by atoms with E-state index in [1.807, 2.05) is 0 Å². The number of morpholine rings is 1. The van der Waals surface area contributed by atoms with E-state index < -0.39 is 5.97 Å². The van der Waals surface area contributed by atoms with E-state index in [2.05, 4.69) is 18.7 Å². The monoisotopic (exact) mass is 253 g/mol. The fraction of sp³-hybridized carbons (Fsp3) is 0.615. The van der Waals surface area contributed by atoms with Gasteiger partial charge in [-0.1, -0.05) is 0 Å². The third-order valence-corrected chi connectivity index (χ3v) is 3.41. The standard InChI is InChI=1S/C13H19NO4/c1-9-10(6-11(18-9)12(15)16)7-14-4-5-17-8-13(14,2)3/h6H,4-5,7-8H2,1-3H3,(H,15,16). The molecule has 2 heterocycles. The molecule has 0 unspecified atom stereocenters. The van der Waals surface area contributed by atoms with Gasteiger partial charge < -0.3 is 14.3 Å². The fourth-order valence-corrected chi connectivity index (χ4v) is 2.17. The Balaban J connectivity index is 2.15. The molecule has 1 fully saturated rings. The van der Waals surface area contributed by atoms with Crippen LogP contribution in [0.4, 0.5) is 0 Å². The summed E-state index contributed by atoms with van der Waals surface area (Å²) < 4.78 is 10.7. The summed E-state index contributed by atoms with van der Waals surface area (Å²) in [6.45, 7) is 9.00. The smallest absolute Gasteiger partial charge is 0.371 e. The van der Waals surface area contributed by atoms with Crippen LogP contribution in [0.3, 0.4) is 0 Å². The van der Waals surface area contributed by atoms with Crippen molar-refractivity contribution in [2.24, 2.45) is 0 Å². The largest absolute Gasteiger partial charge is 0.475 e. The van der Waals surface area contributed by atoms with Crippen molar-refractivity contribution in [3.8, 4) is 0 Å². The van der Waals surface area contributed by atoms with E-state index in [-0.39, 0.29) is 11.3 Å². The molecule has 0 bridgehead atoms. The van der Waals surface area contributed by atoms with E-state index >= 15 is 0 Å². The molecule has 0 atom stereocenters. The predicted octanol–water partition coefficient (Wildman–Crippen LogP) is 1.90. The summed E-state index contributed by atoms with van der Waals surface area (Å²) in [7, 11) is 0. The van der Waals surface area contributed by atoms with Gasteiger partial charge in [-0.25, -0.2) is 4.79 Å². The number of hydrogen-bond donors (Lipinski definition) is 1. The molecule has 1 aromatic rings. The second-order valence-corrected chi connectivity index (χ2v) is 5.28. The highest BCUT2D eigenvalue weighted by Gasteiger charge is 2.31. The normalized spacial score (nSPS) is 19.9. The first kappa shape index (κ1) is 13.1. The topological polar surface area (TPSA) is 62.9 Å². The number of hydrogen-bond acceptors (Lipinski definition) is 4. The SMILES string of the molecule is Cc1oc(C(=O)O)cc1CN1CCOCC1(C)C. The minimum Gasteiger partial charge on any atom is -0.475 e. The molecule has 1 aromatic heterocycles. The Bertz CT molecular complexity index is 450. The Labute approximate surface area is 106 Å². The van der Waals surface area contributed by atoms with E-state index in [0.717, 1.165) is 12.1 Å². The molecule has 5 nitrogen and oxygen atoms in total. The van der Waals surface area contributed by atoms with Crippen molar-refractivity contribution in [2.45, 2.75) is 32.9 Å². The van der Waals surface area contributed by atoms with Crippen LogP contribution in [0.5, 0.6) is 0 Å². The first-order valence-corrected chi connectivity index (χ1v) is 6.05. The maximum absolute atomic E-state index is 10.9. The lowest BCUT2D eigenvalue weighted by molar-refractivity contribution is -0.0554. The second-order valence-electron chi connectivity index (χ2n) is 5.28. The summed E-state index contributed by atoms with van der Waals surface area (Å²) in [4.78, 5) is 13.2. The van der Waals surface area contributed by atoms with Gasteiger partial charge >= 0.3 is 5.97 Å². The quantitative estimate of drug-likeness (QED) is 0.891. The number of carboxylic acid groups (broad SMARTS) is 1. The third kappa shape index (κ3) is 2.57. The van der Waals surface area contributed by atoms with E-state index in [0.29, 0.717) is 25.5 Å². The summed E-state index contributed by atoms with van der Waals surface area (Å²) in [5, 5.41) is 8.90. The van der Waals surface area contributed by atoms with E-state index in [1.54, 1.807) is 13.0 Å². The number of rotatable bonds is 3. The summed E-state index contributed by atoms with van der Waals surface area (Å²) in [5.74, 6) is -0.339. The van der Waals surface area contributed by atoms with Gasteiger partial charge in [-0.05, 0) is 26.8 Å². The predicted molar refractivity (Wildman–Crippen MR) is 65.7 cm³/mol. The first-order chi connectivity index (χ1) is 8.40. The highest BCUT2D eigenvalue weighted by molar-refractivity contribution is 5.84. The lowest BCUT2D eigenvalue weighted by Gasteiger charge is -2.42. The molecule has 0 amide bonds. The first-order valence-electron chi connectivity index (χ1n) is 6.05. The average molecular weight is 253 g/mol. The maximum atomic E-state index is 10.9. The highest BCUT2D eigenvalue weighted by atomic mass is 16.5. The molecule has 1 saturated heterocycles. The van der Waals surface area contributed by atoms with E-state index in [9.17, 15) is 4.79 Å². The van der Waals surface area contributed by atoms with Crippen LogP contribution in [0.2, 0.25) is 0 Å². The van der Waals surface area contributed by atoms with Gasteiger partial charge in [0.25, 0.3) is 0 Å². The van der Waals surface area contributed by atoms with Gasteiger partial charge in [0.1, 0.15) is 5.76 Å². The number of aryl methyl sites for hydroxylation is 1. The van der Waals surface area contributed by atoms with E-state index in [4.69, 9.17) is 14.3 Å². The summed E-state index contributed by atoms with van der Waals surface area (Å²) >= 11 is 0. The maximum Gasteiger partial charge on any atom is 0.371 e. The molecular weight excluding hydrogens is 234 g/mol. The lowest BCUT2D eigenvalue weighted by atomic mass is 10.0. The van der Waals surface area contributed by atoms with Gasteiger partial charge in [-0.3, -0.25) is 4.90 Å². The van der Waals surface area contributed by atoms with Crippen LogP contribution in [-0.2, 0) is 11.3 Å². The molecule has 0 saturated carbocycles. The second kappa shape index (κ2) is 4.74. The van der Waals surface area contributed by atoms with Crippen LogP contribution in [0, 0.1) is 6.92 Å². The number of aromatic carboxylic acids is 1. The average Bonchev–Trinajstić information content (AvgIpc) is 2.63. The van der Waals surface area contributed by atoms with Crippen molar-refractivity contribution < 1.29 is 19.1 Å². The molecule has 1 aliphatic heterocycles. The number of nitrogens with zero attached hydrogens (tertiary/aromatic N) is 1. The Kier molecular flexibility index (Phi) is 3.45. The molecular formula is C13H19NO4. The Morgan fingerprint density at radius 2 is 2.28 bits per heavy atom. The minimum absolute atomic E-state index is 0.00793. The Morgan fingerprint density at radius 1 is 1.56 bits per heavy atom. The third-order valence-electron chi connectivity index (χ3n) is 3.41. The van der Waals surface area contributed by atoms with E-state index in [1.165, 1.54) is 0 Å².